The van der Waals surface area contributed by atoms with Crippen LogP contribution in [-0.2, 0) is 10.0 Å². The van der Waals surface area contributed by atoms with Gasteiger partial charge in [0.2, 0.25) is 10.0 Å². The Bertz CT molecular complexity index is 450. The van der Waals surface area contributed by atoms with Gasteiger partial charge in [-0.3, -0.25) is 0 Å². The van der Waals surface area contributed by atoms with Crippen LogP contribution >= 0.6 is 11.3 Å². The van der Waals surface area contributed by atoms with Crippen LogP contribution in [0.15, 0.2) is 5.38 Å². The first-order chi connectivity index (χ1) is 6.32. The van der Waals surface area contributed by atoms with Crippen LogP contribution in [0.3, 0.4) is 0 Å². The number of thiazole rings is 1. The van der Waals surface area contributed by atoms with Gasteiger partial charge < -0.3 is 5.11 Å². The van der Waals surface area contributed by atoms with Gasteiger partial charge in [0.05, 0.1) is 6.26 Å². The molecule has 1 aromatic rings. The molecule has 0 fully saturated rings. The molecule has 0 spiro atoms. The van der Waals surface area contributed by atoms with E-state index in [0.717, 1.165) is 21.9 Å². The number of carboxylic acid groups (broad SMARTS) is 1. The molecule has 0 aliphatic heterocycles. The molecule has 78 valence electrons. The van der Waals surface area contributed by atoms with Crippen LogP contribution in [0.2, 0.25) is 0 Å². The van der Waals surface area contributed by atoms with Gasteiger partial charge in [-0.25, -0.2) is 22.5 Å². The number of nitrogens with zero attached hydrogens (tertiary/aromatic N) is 2. The monoisotopic (exact) mass is 236 g/mol. The van der Waals surface area contributed by atoms with Gasteiger partial charge in [-0.2, -0.15) is 0 Å². The Morgan fingerprint density at radius 2 is 2.21 bits per heavy atom. The Hall–Kier alpha value is -1.15. The van der Waals surface area contributed by atoms with E-state index in [-0.39, 0.29) is 10.8 Å². The van der Waals surface area contributed by atoms with Crippen LogP contribution in [0.25, 0.3) is 0 Å². The third-order valence-corrected chi connectivity index (χ3v) is 3.68. The smallest absolute Gasteiger partial charge is 0.355 e. The summed E-state index contributed by atoms with van der Waals surface area (Å²) in [6.07, 6.45) is 1.02. The third-order valence-electron chi connectivity index (χ3n) is 1.48. The molecule has 1 heterocycles. The van der Waals surface area contributed by atoms with Crippen molar-refractivity contribution in [2.24, 2.45) is 0 Å². The maximum atomic E-state index is 11.1. The molecule has 1 aromatic heterocycles. The lowest BCUT2D eigenvalue weighted by Crippen LogP contribution is -2.24. The van der Waals surface area contributed by atoms with E-state index in [4.69, 9.17) is 5.11 Å². The van der Waals surface area contributed by atoms with E-state index in [1.54, 1.807) is 0 Å². The van der Waals surface area contributed by atoms with E-state index >= 15 is 0 Å². The van der Waals surface area contributed by atoms with Crippen molar-refractivity contribution in [1.29, 1.82) is 0 Å². The zero-order chi connectivity index (χ0) is 10.9. The van der Waals surface area contributed by atoms with Crippen LogP contribution < -0.4 is 4.31 Å². The molecule has 0 radical (unpaired) electrons. The Morgan fingerprint density at radius 1 is 1.64 bits per heavy atom. The Labute approximate surface area is 84.9 Å². The zero-order valence-electron chi connectivity index (χ0n) is 7.46. The standard InChI is InChI=1S/C6H8N2O4S2/c1-8(14(2,11)12)6-7-4(3-13-6)5(9)10/h3H,1-2H3,(H,9,10). The lowest BCUT2D eigenvalue weighted by atomic mass is 10.5. The number of carboxylic acids is 1. The molecule has 0 saturated heterocycles. The molecule has 0 unspecified atom stereocenters. The molecule has 1 N–H and O–H groups in total. The van der Waals surface area contributed by atoms with Gasteiger partial charge in [0.25, 0.3) is 0 Å². The van der Waals surface area contributed by atoms with E-state index < -0.39 is 16.0 Å². The van der Waals surface area contributed by atoms with Crippen LogP contribution in [0, 0.1) is 0 Å². The minimum atomic E-state index is -3.38. The topological polar surface area (TPSA) is 87.6 Å². The predicted molar refractivity (Wildman–Crippen MR) is 52.3 cm³/mol. The molecule has 0 bridgehead atoms. The van der Waals surface area contributed by atoms with Crippen molar-refractivity contribution in [3.05, 3.63) is 11.1 Å². The maximum absolute atomic E-state index is 11.1. The van der Waals surface area contributed by atoms with Crippen LogP contribution in [0.5, 0.6) is 0 Å². The lowest BCUT2D eigenvalue weighted by molar-refractivity contribution is 0.0691. The van der Waals surface area contributed by atoms with E-state index in [2.05, 4.69) is 4.98 Å². The number of anilines is 1. The summed E-state index contributed by atoms with van der Waals surface area (Å²) in [6.45, 7) is 0. The zero-order valence-corrected chi connectivity index (χ0v) is 9.09. The fraction of sp³-hybridized carbons (Fsp3) is 0.333. The number of aromatic carboxylic acids is 1. The van der Waals surface area contributed by atoms with E-state index in [1.165, 1.54) is 12.4 Å². The molecular weight excluding hydrogens is 228 g/mol. The summed E-state index contributed by atoms with van der Waals surface area (Å²) in [6, 6.07) is 0. The van der Waals surface area contributed by atoms with Crippen molar-refractivity contribution < 1.29 is 18.3 Å². The summed E-state index contributed by atoms with van der Waals surface area (Å²) >= 11 is 0.968. The summed E-state index contributed by atoms with van der Waals surface area (Å²) in [5, 5.41) is 9.99. The molecule has 6 nitrogen and oxygen atoms in total. The molecule has 8 heteroatoms. The fourth-order valence-electron chi connectivity index (χ4n) is 0.649. The minimum Gasteiger partial charge on any atom is -0.476 e. The lowest BCUT2D eigenvalue weighted by Gasteiger charge is -2.11. The van der Waals surface area contributed by atoms with Gasteiger partial charge in [0.15, 0.2) is 10.8 Å². The third kappa shape index (κ3) is 2.20. The van der Waals surface area contributed by atoms with Crippen LogP contribution in [0.4, 0.5) is 5.13 Å². The number of sulfonamides is 1. The highest BCUT2D eigenvalue weighted by molar-refractivity contribution is 7.92. The second-order valence-electron chi connectivity index (χ2n) is 2.55. The average Bonchev–Trinajstić information content (AvgIpc) is 2.48. The largest absolute Gasteiger partial charge is 0.476 e. The van der Waals surface area contributed by atoms with Gasteiger partial charge in [0, 0.05) is 12.4 Å². The Kier molecular flexibility index (Phi) is 2.76. The van der Waals surface area contributed by atoms with E-state index in [0.29, 0.717) is 0 Å². The van der Waals surface area contributed by atoms with Gasteiger partial charge in [-0.15, -0.1) is 11.3 Å². The van der Waals surface area contributed by atoms with Gasteiger partial charge in [-0.1, -0.05) is 0 Å². The van der Waals surface area contributed by atoms with E-state index in [1.807, 2.05) is 0 Å². The number of rotatable bonds is 3. The number of aromatic nitrogens is 1. The molecule has 1 rings (SSSR count). The SMILES string of the molecule is CN(c1nc(C(=O)O)cs1)S(C)(=O)=O. The summed E-state index contributed by atoms with van der Waals surface area (Å²) < 4.78 is 23.0. The quantitative estimate of drug-likeness (QED) is 0.812. The van der Waals surface area contributed by atoms with Crippen molar-refractivity contribution in [3.8, 4) is 0 Å². The number of hydrogen-bond acceptors (Lipinski definition) is 5. The second kappa shape index (κ2) is 3.54. The van der Waals surface area contributed by atoms with Gasteiger partial charge in [-0.05, 0) is 0 Å². The van der Waals surface area contributed by atoms with Crippen LogP contribution in [-0.4, -0.2) is 37.8 Å². The fourth-order valence-corrected chi connectivity index (χ4v) is 2.18. The van der Waals surface area contributed by atoms with Gasteiger partial charge in [0.1, 0.15) is 0 Å². The maximum Gasteiger partial charge on any atom is 0.355 e. The predicted octanol–water partition coefficient (Wildman–Crippen LogP) is 0.237. The minimum absolute atomic E-state index is 0.143. The molecule has 0 aromatic carbocycles. The van der Waals surface area contributed by atoms with Crippen molar-refractivity contribution in [2.45, 2.75) is 0 Å². The molecule has 0 aliphatic carbocycles. The van der Waals surface area contributed by atoms with Crippen molar-refractivity contribution in [2.75, 3.05) is 17.6 Å². The number of carbonyl (C=O) groups is 1. The normalized spacial score (nSPS) is 11.3. The molecule has 0 amide bonds. The molecule has 0 saturated carbocycles. The summed E-state index contributed by atoms with van der Waals surface area (Å²) in [5.74, 6) is -1.17. The Balaban J connectivity index is 3.04. The number of hydrogen-bond donors (Lipinski definition) is 1. The first-order valence-corrected chi connectivity index (χ1v) is 6.18. The first-order valence-electron chi connectivity index (χ1n) is 3.45. The van der Waals surface area contributed by atoms with Crippen molar-refractivity contribution in [1.82, 2.24) is 4.98 Å². The molecule has 14 heavy (non-hydrogen) atoms. The molecule has 0 atom stereocenters. The second-order valence-corrected chi connectivity index (χ2v) is 5.40. The molecule has 0 aliphatic rings. The molecular formula is C6H8N2O4S2. The summed E-state index contributed by atoms with van der Waals surface area (Å²) in [5.41, 5.74) is -0.152. The Morgan fingerprint density at radius 3 is 2.57 bits per heavy atom. The highest BCUT2D eigenvalue weighted by Crippen LogP contribution is 2.20. The first kappa shape index (κ1) is 10.9. The van der Waals surface area contributed by atoms with Crippen molar-refractivity contribution >= 4 is 32.5 Å². The van der Waals surface area contributed by atoms with Crippen LogP contribution in [0.1, 0.15) is 10.5 Å². The summed E-state index contributed by atoms with van der Waals surface area (Å²) in [7, 11) is -2.06. The summed E-state index contributed by atoms with van der Waals surface area (Å²) in [4.78, 5) is 14.1. The highest BCUT2D eigenvalue weighted by atomic mass is 32.2. The van der Waals surface area contributed by atoms with Gasteiger partial charge >= 0.3 is 5.97 Å². The van der Waals surface area contributed by atoms with Crippen molar-refractivity contribution in [3.63, 3.8) is 0 Å². The average molecular weight is 236 g/mol. The highest BCUT2D eigenvalue weighted by Gasteiger charge is 2.17. The van der Waals surface area contributed by atoms with E-state index in [9.17, 15) is 13.2 Å².